The molecular formula is C19H20N4O3. The zero-order chi connectivity index (χ0) is 18.7. The number of amides is 1. The molecule has 0 radical (unpaired) electrons. The minimum Gasteiger partial charge on any atom is -0.444 e. The van der Waals surface area contributed by atoms with Crippen LogP contribution in [0.4, 0.5) is 0 Å². The first kappa shape index (κ1) is 17.6. The normalized spacial score (nSPS) is 11.3. The van der Waals surface area contributed by atoms with E-state index in [2.05, 4.69) is 20.3 Å². The van der Waals surface area contributed by atoms with Crippen LogP contribution in [-0.4, -0.2) is 20.9 Å². The third-order valence-corrected chi connectivity index (χ3v) is 3.76. The monoisotopic (exact) mass is 352 g/mol. The molecule has 0 unspecified atom stereocenters. The van der Waals surface area contributed by atoms with E-state index in [-0.39, 0.29) is 17.5 Å². The molecule has 0 aliphatic carbocycles. The van der Waals surface area contributed by atoms with Gasteiger partial charge in [-0.25, -0.2) is 9.97 Å². The molecule has 26 heavy (non-hydrogen) atoms. The summed E-state index contributed by atoms with van der Waals surface area (Å²) in [5.41, 5.74) is 0.608. The van der Waals surface area contributed by atoms with Crippen LogP contribution in [0.5, 0.6) is 0 Å². The van der Waals surface area contributed by atoms with E-state index in [4.69, 9.17) is 4.42 Å². The Morgan fingerprint density at radius 1 is 1.23 bits per heavy atom. The SMILES string of the molecule is CC(C)(C)c1ncc(C(=O)NCc2coc(-c3ccccc3)n2)c(=O)[nH]1. The lowest BCUT2D eigenvalue weighted by atomic mass is 9.96. The molecule has 1 aromatic carbocycles. The second-order valence-corrected chi connectivity index (χ2v) is 6.92. The Morgan fingerprint density at radius 2 is 1.96 bits per heavy atom. The van der Waals surface area contributed by atoms with E-state index in [0.29, 0.717) is 17.4 Å². The van der Waals surface area contributed by atoms with Gasteiger partial charge in [-0.15, -0.1) is 0 Å². The van der Waals surface area contributed by atoms with Gasteiger partial charge in [0.15, 0.2) is 0 Å². The summed E-state index contributed by atoms with van der Waals surface area (Å²) < 4.78 is 5.42. The van der Waals surface area contributed by atoms with Gasteiger partial charge in [0.25, 0.3) is 11.5 Å². The molecule has 134 valence electrons. The summed E-state index contributed by atoms with van der Waals surface area (Å²) in [4.78, 5) is 35.6. The van der Waals surface area contributed by atoms with Crippen molar-refractivity contribution in [3.8, 4) is 11.5 Å². The second-order valence-electron chi connectivity index (χ2n) is 6.92. The number of hydrogen-bond donors (Lipinski definition) is 2. The molecule has 0 bridgehead atoms. The van der Waals surface area contributed by atoms with Gasteiger partial charge in [0.2, 0.25) is 5.89 Å². The van der Waals surface area contributed by atoms with E-state index in [1.54, 1.807) is 0 Å². The first-order valence-corrected chi connectivity index (χ1v) is 8.22. The van der Waals surface area contributed by atoms with Gasteiger partial charge in [-0.2, -0.15) is 0 Å². The summed E-state index contributed by atoms with van der Waals surface area (Å²) in [6, 6.07) is 9.46. The predicted octanol–water partition coefficient (Wildman–Crippen LogP) is 2.65. The topological polar surface area (TPSA) is 101 Å². The molecule has 0 saturated heterocycles. The van der Waals surface area contributed by atoms with Gasteiger partial charge in [-0.3, -0.25) is 9.59 Å². The summed E-state index contributed by atoms with van der Waals surface area (Å²) in [6.45, 7) is 5.94. The van der Waals surface area contributed by atoms with E-state index in [1.807, 2.05) is 51.1 Å². The lowest BCUT2D eigenvalue weighted by molar-refractivity contribution is 0.0948. The van der Waals surface area contributed by atoms with E-state index in [1.165, 1.54) is 12.5 Å². The van der Waals surface area contributed by atoms with Crippen LogP contribution < -0.4 is 10.9 Å². The third kappa shape index (κ3) is 3.88. The van der Waals surface area contributed by atoms with Gasteiger partial charge in [0.1, 0.15) is 17.7 Å². The summed E-state index contributed by atoms with van der Waals surface area (Å²) >= 11 is 0. The van der Waals surface area contributed by atoms with E-state index >= 15 is 0 Å². The minimum atomic E-state index is -0.511. The number of rotatable bonds is 4. The van der Waals surface area contributed by atoms with Crippen molar-refractivity contribution in [2.45, 2.75) is 32.7 Å². The molecule has 2 aromatic heterocycles. The van der Waals surface area contributed by atoms with Gasteiger partial charge in [-0.05, 0) is 12.1 Å². The van der Waals surface area contributed by atoms with Gasteiger partial charge < -0.3 is 14.7 Å². The summed E-state index contributed by atoms with van der Waals surface area (Å²) in [7, 11) is 0. The highest BCUT2D eigenvalue weighted by Gasteiger charge is 2.19. The Morgan fingerprint density at radius 3 is 2.62 bits per heavy atom. The first-order valence-electron chi connectivity index (χ1n) is 8.22. The number of hydrogen-bond acceptors (Lipinski definition) is 5. The Hall–Kier alpha value is -3.22. The standard InChI is InChI=1S/C19H20N4O3/c1-19(2,3)18-21-10-14(16(25)23-18)15(24)20-9-13-11-26-17(22-13)12-7-5-4-6-8-12/h4-8,10-11H,9H2,1-3H3,(H,20,24)(H,21,23,25). The summed E-state index contributed by atoms with van der Waals surface area (Å²) in [5.74, 6) is 0.496. The van der Waals surface area contributed by atoms with Crippen LogP contribution in [0.15, 0.2) is 52.0 Å². The number of carbonyl (C=O) groups is 1. The van der Waals surface area contributed by atoms with Gasteiger partial charge in [0, 0.05) is 17.2 Å². The molecule has 1 amide bonds. The molecule has 3 aromatic rings. The zero-order valence-corrected chi connectivity index (χ0v) is 14.9. The fraction of sp³-hybridized carbons (Fsp3) is 0.263. The van der Waals surface area contributed by atoms with Crippen LogP contribution >= 0.6 is 0 Å². The smallest absolute Gasteiger partial charge is 0.263 e. The number of H-pyrrole nitrogens is 1. The van der Waals surface area contributed by atoms with Crippen molar-refractivity contribution in [1.82, 2.24) is 20.3 Å². The van der Waals surface area contributed by atoms with Crippen molar-refractivity contribution in [3.63, 3.8) is 0 Å². The van der Waals surface area contributed by atoms with Crippen LogP contribution in [-0.2, 0) is 12.0 Å². The minimum absolute atomic E-state index is 0.0372. The number of oxazole rings is 1. The fourth-order valence-electron chi connectivity index (χ4n) is 2.31. The fourth-order valence-corrected chi connectivity index (χ4v) is 2.31. The van der Waals surface area contributed by atoms with Crippen LogP contribution in [0.25, 0.3) is 11.5 Å². The average molecular weight is 352 g/mol. The second kappa shape index (κ2) is 6.95. The Labute approximate surface area is 150 Å². The molecule has 7 heteroatoms. The average Bonchev–Trinajstić information content (AvgIpc) is 3.08. The molecule has 2 heterocycles. The van der Waals surface area contributed by atoms with E-state index in [9.17, 15) is 9.59 Å². The number of aromatic amines is 1. The van der Waals surface area contributed by atoms with Crippen molar-refractivity contribution in [2.75, 3.05) is 0 Å². The highest BCUT2D eigenvalue weighted by atomic mass is 16.3. The van der Waals surface area contributed by atoms with Gasteiger partial charge in [0.05, 0.1) is 12.2 Å². The molecule has 0 aliphatic heterocycles. The molecule has 3 rings (SSSR count). The Bertz CT molecular complexity index is 968. The van der Waals surface area contributed by atoms with E-state index < -0.39 is 11.5 Å². The number of benzene rings is 1. The number of nitrogens with one attached hydrogen (secondary N) is 2. The number of aromatic nitrogens is 3. The largest absolute Gasteiger partial charge is 0.444 e. The van der Waals surface area contributed by atoms with Gasteiger partial charge >= 0.3 is 0 Å². The summed E-state index contributed by atoms with van der Waals surface area (Å²) in [5, 5.41) is 2.66. The number of nitrogens with zero attached hydrogens (tertiary/aromatic N) is 2. The Kier molecular flexibility index (Phi) is 4.71. The quantitative estimate of drug-likeness (QED) is 0.752. The highest BCUT2D eigenvalue weighted by molar-refractivity contribution is 5.93. The zero-order valence-electron chi connectivity index (χ0n) is 14.9. The van der Waals surface area contributed by atoms with Gasteiger partial charge in [-0.1, -0.05) is 39.0 Å². The molecular weight excluding hydrogens is 332 g/mol. The van der Waals surface area contributed by atoms with Crippen LogP contribution in [0.2, 0.25) is 0 Å². The maximum atomic E-state index is 12.2. The number of carbonyl (C=O) groups excluding carboxylic acids is 1. The summed E-state index contributed by atoms with van der Waals surface area (Å²) in [6.07, 6.45) is 2.78. The molecule has 0 spiro atoms. The maximum absolute atomic E-state index is 12.2. The molecule has 0 saturated carbocycles. The first-order chi connectivity index (χ1) is 12.3. The van der Waals surface area contributed by atoms with E-state index in [0.717, 1.165) is 5.56 Å². The lowest BCUT2D eigenvalue weighted by Crippen LogP contribution is -2.32. The molecule has 0 fully saturated rings. The maximum Gasteiger partial charge on any atom is 0.263 e. The van der Waals surface area contributed by atoms with Crippen LogP contribution in [0.1, 0.15) is 42.6 Å². The Balaban J connectivity index is 1.68. The molecule has 7 nitrogen and oxygen atoms in total. The molecule has 0 aliphatic rings. The highest BCUT2D eigenvalue weighted by Crippen LogP contribution is 2.18. The third-order valence-electron chi connectivity index (χ3n) is 3.76. The van der Waals surface area contributed by atoms with Crippen molar-refractivity contribution in [3.05, 3.63) is 70.2 Å². The van der Waals surface area contributed by atoms with Crippen LogP contribution in [0.3, 0.4) is 0 Å². The van der Waals surface area contributed by atoms with Crippen molar-refractivity contribution < 1.29 is 9.21 Å². The van der Waals surface area contributed by atoms with Crippen molar-refractivity contribution in [2.24, 2.45) is 0 Å². The van der Waals surface area contributed by atoms with Crippen LogP contribution in [0, 0.1) is 0 Å². The lowest BCUT2D eigenvalue weighted by Gasteiger charge is -2.16. The molecule has 0 atom stereocenters. The molecule has 2 N–H and O–H groups in total. The van der Waals surface area contributed by atoms with Crippen molar-refractivity contribution in [1.29, 1.82) is 0 Å². The van der Waals surface area contributed by atoms with Crippen molar-refractivity contribution >= 4 is 5.91 Å². The predicted molar refractivity (Wildman–Crippen MR) is 96.7 cm³/mol.